The lowest BCUT2D eigenvalue weighted by Crippen LogP contribution is -2.23. The Balaban J connectivity index is 2.12. The number of primary amides is 1. The Bertz CT molecular complexity index is 393. The highest BCUT2D eigenvalue weighted by molar-refractivity contribution is 7.10. The molecule has 1 aromatic heterocycles. The van der Waals surface area contributed by atoms with Gasteiger partial charge in [-0.15, -0.1) is 11.3 Å². The standard InChI is InChI=1S/C10H13F3N2O2S/c11-10(12,13)6-17-2-1-15-4-8-3-7(5-18-8)9(14)16/h3,5,15H,1-2,4,6H2,(H2,14,16). The number of hydrogen-bond acceptors (Lipinski definition) is 4. The number of nitrogens with two attached hydrogens (primary N) is 1. The van der Waals surface area contributed by atoms with E-state index >= 15 is 0 Å². The van der Waals surface area contributed by atoms with E-state index in [1.165, 1.54) is 11.3 Å². The number of nitrogens with one attached hydrogen (secondary N) is 1. The summed E-state index contributed by atoms with van der Waals surface area (Å²) in [6.45, 7) is -0.486. The predicted octanol–water partition coefficient (Wildman–Crippen LogP) is 1.52. The minimum atomic E-state index is -4.29. The van der Waals surface area contributed by atoms with Crippen molar-refractivity contribution in [2.75, 3.05) is 19.8 Å². The second kappa shape index (κ2) is 6.72. The average Bonchev–Trinajstić information content (AvgIpc) is 2.70. The van der Waals surface area contributed by atoms with Crippen LogP contribution in [0.25, 0.3) is 0 Å². The van der Waals surface area contributed by atoms with Crippen molar-refractivity contribution in [2.24, 2.45) is 5.73 Å². The fraction of sp³-hybridized carbons (Fsp3) is 0.500. The Kier molecular flexibility index (Phi) is 5.57. The van der Waals surface area contributed by atoms with E-state index in [9.17, 15) is 18.0 Å². The van der Waals surface area contributed by atoms with Crippen molar-refractivity contribution in [1.82, 2.24) is 5.32 Å². The van der Waals surface area contributed by atoms with Gasteiger partial charge in [-0.1, -0.05) is 0 Å². The topological polar surface area (TPSA) is 64.4 Å². The van der Waals surface area contributed by atoms with Crippen LogP contribution in [0.3, 0.4) is 0 Å². The van der Waals surface area contributed by atoms with E-state index in [0.29, 0.717) is 18.7 Å². The maximum Gasteiger partial charge on any atom is 0.411 e. The summed E-state index contributed by atoms with van der Waals surface area (Å²) in [6.07, 6.45) is -4.29. The molecular weight excluding hydrogens is 269 g/mol. The lowest BCUT2D eigenvalue weighted by molar-refractivity contribution is -0.173. The van der Waals surface area contributed by atoms with E-state index in [1.54, 1.807) is 11.4 Å². The SMILES string of the molecule is NC(=O)c1csc(CNCCOCC(F)(F)F)c1. The molecule has 8 heteroatoms. The third kappa shape index (κ3) is 5.99. The first-order valence-corrected chi connectivity index (χ1v) is 5.99. The fourth-order valence-corrected chi connectivity index (χ4v) is 1.99. The molecule has 0 aromatic carbocycles. The van der Waals surface area contributed by atoms with Crippen molar-refractivity contribution >= 4 is 17.2 Å². The number of hydrogen-bond donors (Lipinski definition) is 2. The van der Waals surface area contributed by atoms with E-state index in [1.807, 2.05) is 0 Å². The quantitative estimate of drug-likeness (QED) is 0.745. The van der Waals surface area contributed by atoms with Crippen LogP contribution in [0.2, 0.25) is 0 Å². The van der Waals surface area contributed by atoms with Crippen molar-refractivity contribution in [3.05, 3.63) is 21.9 Å². The van der Waals surface area contributed by atoms with Gasteiger partial charge in [0.05, 0.1) is 12.2 Å². The normalized spacial score (nSPS) is 11.7. The second-order valence-electron chi connectivity index (χ2n) is 3.51. The first-order chi connectivity index (χ1) is 8.38. The minimum Gasteiger partial charge on any atom is -0.371 e. The number of thiophene rings is 1. The molecule has 3 N–H and O–H groups in total. The smallest absolute Gasteiger partial charge is 0.371 e. The van der Waals surface area contributed by atoms with E-state index in [-0.39, 0.29) is 6.61 Å². The molecule has 0 saturated carbocycles. The van der Waals surface area contributed by atoms with Crippen molar-refractivity contribution < 1.29 is 22.7 Å². The number of ether oxygens (including phenoxy) is 1. The molecule has 0 fully saturated rings. The summed E-state index contributed by atoms with van der Waals surface area (Å²) < 4.78 is 39.6. The van der Waals surface area contributed by atoms with Gasteiger partial charge in [-0.25, -0.2) is 0 Å². The first kappa shape index (κ1) is 14.9. The van der Waals surface area contributed by atoms with Gasteiger partial charge in [-0.2, -0.15) is 13.2 Å². The van der Waals surface area contributed by atoms with Crippen LogP contribution in [0.5, 0.6) is 0 Å². The van der Waals surface area contributed by atoms with Crippen molar-refractivity contribution in [3.63, 3.8) is 0 Å². The van der Waals surface area contributed by atoms with Gasteiger partial charge >= 0.3 is 6.18 Å². The molecule has 0 radical (unpaired) electrons. The average molecular weight is 282 g/mol. The van der Waals surface area contributed by atoms with Gasteiger partial charge in [0.2, 0.25) is 5.91 Å². The monoisotopic (exact) mass is 282 g/mol. The summed E-state index contributed by atoms with van der Waals surface area (Å²) in [5, 5.41) is 4.54. The maximum atomic E-state index is 11.7. The molecule has 4 nitrogen and oxygen atoms in total. The molecule has 102 valence electrons. The molecule has 0 aliphatic rings. The minimum absolute atomic E-state index is 0.0203. The lowest BCUT2D eigenvalue weighted by Gasteiger charge is -2.07. The van der Waals surface area contributed by atoms with Crippen molar-refractivity contribution in [1.29, 1.82) is 0 Å². The summed E-state index contributed by atoms with van der Waals surface area (Å²) in [5.74, 6) is -0.494. The number of carbonyl (C=O) groups is 1. The van der Waals surface area contributed by atoms with Crippen molar-refractivity contribution in [3.8, 4) is 0 Å². The molecule has 1 amide bonds. The maximum absolute atomic E-state index is 11.7. The molecule has 0 atom stereocenters. The zero-order valence-corrected chi connectivity index (χ0v) is 10.2. The Morgan fingerprint density at radius 2 is 2.22 bits per heavy atom. The summed E-state index contributed by atoms with van der Waals surface area (Å²) in [4.78, 5) is 11.7. The fourth-order valence-electron chi connectivity index (χ4n) is 1.15. The van der Waals surface area contributed by atoms with Crippen LogP contribution in [0.4, 0.5) is 13.2 Å². The Labute approximate surface area is 106 Å². The van der Waals surface area contributed by atoms with E-state index in [0.717, 1.165) is 4.88 Å². The molecule has 0 saturated heterocycles. The molecule has 1 rings (SSSR count). The zero-order valence-electron chi connectivity index (χ0n) is 9.42. The highest BCUT2D eigenvalue weighted by Gasteiger charge is 2.27. The largest absolute Gasteiger partial charge is 0.411 e. The first-order valence-electron chi connectivity index (χ1n) is 5.11. The Hall–Kier alpha value is -1.12. The Morgan fingerprint density at radius 3 is 2.78 bits per heavy atom. The van der Waals surface area contributed by atoms with Crippen LogP contribution in [0.15, 0.2) is 11.4 Å². The molecule has 0 unspecified atom stereocenters. The summed E-state index contributed by atoms with van der Waals surface area (Å²) in [5.41, 5.74) is 5.52. The summed E-state index contributed by atoms with van der Waals surface area (Å²) >= 11 is 1.36. The molecule has 18 heavy (non-hydrogen) atoms. The number of amides is 1. The van der Waals surface area contributed by atoms with Crippen LogP contribution < -0.4 is 11.1 Å². The van der Waals surface area contributed by atoms with E-state index in [4.69, 9.17) is 5.73 Å². The van der Waals surface area contributed by atoms with Gasteiger partial charge in [0.15, 0.2) is 0 Å². The van der Waals surface area contributed by atoms with E-state index in [2.05, 4.69) is 10.1 Å². The van der Waals surface area contributed by atoms with E-state index < -0.39 is 18.7 Å². The molecule has 0 aliphatic carbocycles. The van der Waals surface area contributed by atoms with Crippen LogP contribution in [0, 0.1) is 0 Å². The summed E-state index contributed by atoms with van der Waals surface area (Å²) in [7, 11) is 0. The number of carbonyl (C=O) groups excluding carboxylic acids is 1. The number of alkyl halides is 3. The van der Waals surface area contributed by atoms with Gasteiger partial charge in [-0.3, -0.25) is 4.79 Å². The van der Waals surface area contributed by atoms with Gasteiger partial charge in [-0.05, 0) is 6.07 Å². The molecule has 0 aliphatic heterocycles. The van der Waals surface area contributed by atoms with Gasteiger partial charge in [0.25, 0.3) is 0 Å². The number of halogens is 3. The third-order valence-electron chi connectivity index (χ3n) is 1.93. The summed E-state index contributed by atoms with van der Waals surface area (Å²) in [6, 6.07) is 1.65. The molecular formula is C10H13F3N2O2S. The van der Waals surface area contributed by atoms with Crippen LogP contribution >= 0.6 is 11.3 Å². The highest BCUT2D eigenvalue weighted by atomic mass is 32.1. The second-order valence-corrected chi connectivity index (χ2v) is 4.51. The number of rotatable bonds is 7. The van der Waals surface area contributed by atoms with Gasteiger partial charge in [0, 0.05) is 23.3 Å². The molecule has 1 aromatic rings. The highest BCUT2D eigenvalue weighted by Crippen LogP contribution is 2.14. The molecule has 1 heterocycles. The van der Waals surface area contributed by atoms with Gasteiger partial charge < -0.3 is 15.8 Å². The van der Waals surface area contributed by atoms with Crippen molar-refractivity contribution in [2.45, 2.75) is 12.7 Å². The Morgan fingerprint density at radius 1 is 1.50 bits per heavy atom. The van der Waals surface area contributed by atoms with Crippen LogP contribution in [-0.4, -0.2) is 31.8 Å². The lowest BCUT2D eigenvalue weighted by atomic mass is 10.3. The zero-order chi connectivity index (χ0) is 13.6. The molecule has 0 bridgehead atoms. The van der Waals surface area contributed by atoms with Gasteiger partial charge in [0.1, 0.15) is 6.61 Å². The molecule has 0 spiro atoms. The van der Waals surface area contributed by atoms with Crippen LogP contribution in [-0.2, 0) is 11.3 Å². The third-order valence-corrected chi connectivity index (χ3v) is 2.86. The predicted molar refractivity (Wildman–Crippen MR) is 61.4 cm³/mol. The van der Waals surface area contributed by atoms with Crippen LogP contribution in [0.1, 0.15) is 15.2 Å².